The SMILES string of the molecule is COc1cccc(NC(=O)Cn2c3ccccc3n3c(=O)cc(-c4cccc(Cl)c4)nc23)c1. The monoisotopic (exact) mass is 458 g/mol. The summed E-state index contributed by atoms with van der Waals surface area (Å²) in [7, 11) is 1.57. The van der Waals surface area contributed by atoms with E-state index >= 15 is 0 Å². The van der Waals surface area contributed by atoms with Crippen molar-refractivity contribution in [3.8, 4) is 17.0 Å². The molecule has 8 heteroatoms. The van der Waals surface area contributed by atoms with Crippen molar-refractivity contribution in [2.45, 2.75) is 6.54 Å². The number of halogens is 1. The molecule has 2 heterocycles. The maximum atomic E-state index is 13.1. The number of carbonyl (C=O) groups is 1. The summed E-state index contributed by atoms with van der Waals surface area (Å²) in [5.41, 5.74) is 2.99. The number of ether oxygens (including phenoxy) is 1. The average Bonchev–Trinajstić information content (AvgIpc) is 3.13. The van der Waals surface area contributed by atoms with Gasteiger partial charge in [-0.05, 0) is 36.4 Å². The van der Waals surface area contributed by atoms with E-state index in [0.717, 1.165) is 11.1 Å². The van der Waals surface area contributed by atoms with Crippen molar-refractivity contribution < 1.29 is 9.53 Å². The summed E-state index contributed by atoms with van der Waals surface area (Å²) in [4.78, 5) is 30.8. The first kappa shape index (κ1) is 20.8. The molecule has 0 aliphatic carbocycles. The van der Waals surface area contributed by atoms with E-state index in [-0.39, 0.29) is 18.0 Å². The Morgan fingerprint density at radius 2 is 1.79 bits per heavy atom. The molecule has 0 saturated carbocycles. The van der Waals surface area contributed by atoms with Gasteiger partial charge in [0.25, 0.3) is 5.56 Å². The molecule has 0 radical (unpaired) electrons. The third-order valence-electron chi connectivity index (χ3n) is 5.33. The molecule has 1 N–H and O–H groups in total. The fraction of sp³-hybridized carbons (Fsp3) is 0.0800. The maximum Gasteiger partial charge on any atom is 0.260 e. The number of para-hydroxylation sites is 2. The predicted molar refractivity (Wildman–Crippen MR) is 129 cm³/mol. The summed E-state index contributed by atoms with van der Waals surface area (Å²) in [6, 6.07) is 23.2. The lowest BCUT2D eigenvalue weighted by molar-refractivity contribution is -0.116. The summed E-state index contributed by atoms with van der Waals surface area (Å²) in [6.07, 6.45) is 0. The molecule has 2 aromatic heterocycles. The van der Waals surface area contributed by atoms with Gasteiger partial charge in [0.15, 0.2) is 0 Å². The van der Waals surface area contributed by atoms with Crippen LogP contribution in [0.5, 0.6) is 5.75 Å². The van der Waals surface area contributed by atoms with Crippen LogP contribution >= 0.6 is 11.6 Å². The maximum absolute atomic E-state index is 13.1. The molecule has 5 rings (SSSR count). The molecule has 0 aliphatic rings. The molecule has 7 nitrogen and oxygen atoms in total. The lowest BCUT2D eigenvalue weighted by Crippen LogP contribution is -2.20. The van der Waals surface area contributed by atoms with E-state index in [0.29, 0.717) is 33.4 Å². The van der Waals surface area contributed by atoms with Gasteiger partial charge in [-0.25, -0.2) is 9.38 Å². The van der Waals surface area contributed by atoms with Gasteiger partial charge in [0, 0.05) is 28.4 Å². The van der Waals surface area contributed by atoms with Crippen LogP contribution in [0.3, 0.4) is 0 Å². The largest absolute Gasteiger partial charge is 0.497 e. The zero-order valence-corrected chi connectivity index (χ0v) is 18.4. The molecule has 3 aromatic carbocycles. The van der Waals surface area contributed by atoms with Crippen molar-refractivity contribution in [1.82, 2.24) is 14.0 Å². The molecular formula is C25H19ClN4O3. The number of nitrogens with one attached hydrogen (secondary N) is 1. The number of hydrogen-bond acceptors (Lipinski definition) is 4. The van der Waals surface area contributed by atoms with Gasteiger partial charge >= 0.3 is 0 Å². The summed E-state index contributed by atoms with van der Waals surface area (Å²) >= 11 is 6.14. The Balaban J connectivity index is 1.62. The van der Waals surface area contributed by atoms with Gasteiger partial charge in [-0.1, -0.05) is 41.9 Å². The Labute approximate surface area is 193 Å². The number of fused-ring (bicyclic) bond motifs is 3. The van der Waals surface area contributed by atoms with Gasteiger partial charge in [-0.2, -0.15) is 0 Å². The van der Waals surface area contributed by atoms with Crippen molar-refractivity contribution in [3.05, 3.63) is 94.2 Å². The lowest BCUT2D eigenvalue weighted by atomic mass is 10.1. The van der Waals surface area contributed by atoms with Crippen LogP contribution in [0.25, 0.3) is 28.1 Å². The zero-order chi connectivity index (χ0) is 22.9. The molecule has 164 valence electrons. The lowest BCUT2D eigenvalue weighted by Gasteiger charge is -2.09. The van der Waals surface area contributed by atoms with E-state index in [9.17, 15) is 9.59 Å². The van der Waals surface area contributed by atoms with Gasteiger partial charge < -0.3 is 14.6 Å². The van der Waals surface area contributed by atoms with Crippen LogP contribution in [-0.2, 0) is 11.3 Å². The van der Waals surface area contributed by atoms with Crippen LogP contribution in [0.1, 0.15) is 0 Å². The molecular weight excluding hydrogens is 440 g/mol. The van der Waals surface area contributed by atoms with Crippen LogP contribution < -0.4 is 15.6 Å². The number of aromatic nitrogens is 3. The fourth-order valence-electron chi connectivity index (χ4n) is 3.86. The highest BCUT2D eigenvalue weighted by atomic mass is 35.5. The number of nitrogens with zero attached hydrogens (tertiary/aromatic N) is 3. The third-order valence-corrected chi connectivity index (χ3v) is 5.57. The Morgan fingerprint density at radius 3 is 2.58 bits per heavy atom. The quantitative estimate of drug-likeness (QED) is 0.417. The average molecular weight is 459 g/mol. The van der Waals surface area contributed by atoms with Crippen LogP contribution in [0, 0.1) is 0 Å². The number of rotatable bonds is 5. The van der Waals surface area contributed by atoms with Crippen LogP contribution in [0.15, 0.2) is 83.7 Å². The van der Waals surface area contributed by atoms with Gasteiger partial charge in [-0.3, -0.25) is 9.59 Å². The fourth-order valence-corrected chi connectivity index (χ4v) is 4.05. The molecule has 5 aromatic rings. The number of benzene rings is 3. The first-order valence-corrected chi connectivity index (χ1v) is 10.6. The second-order valence-electron chi connectivity index (χ2n) is 7.48. The standard InChI is InChI=1S/C25H19ClN4O3/c1-33-19-9-5-8-18(13-19)27-23(31)15-29-21-10-2-3-11-22(21)30-24(32)14-20(28-25(29)30)16-6-4-7-17(26)12-16/h2-14H,15H2,1H3,(H,27,31). The van der Waals surface area contributed by atoms with Gasteiger partial charge in [0.05, 0.1) is 23.8 Å². The Bertz CT molecular complexity index is 1570. The molecule has 33 heavy (non-hydrogen) atoms. The first-order chi connectivity index (χ1) is 16.0. The Morgan fingerprint density at radius 1 is 1.00 bits per heavy atom. The second-order valence-corrected chi connectivity index (χ2v) is 7.92. The molecule has 0 saturated heterocycles. The highest BCUT2D eigenvalue weighted by Crippen LogP contribution is 2.24. The summed E-state index contributed by atoms with van der Waals surface area (Å²) in [5.74, 6) is 0.762. The van der Waals surface area contributed by atoms with E-state index in [1.165, 1.54) is 10.5 Å². The minimum Gasteiger partial charge on any atom is -0.497 e. The van der Waals surface area contributed by atoms with Crippen LogP contribution in [-0.4, -0.2) is 27.0 Å². The summed E-state index contributed by atoms with van der Waals surface area (Å²) < 4.78 is 8.47. The summed E-state index contributed by atoms with van der Waals surface area (Å²) in [6.45, 7) is -0.0281. The molecule has 0 bridgehead atoms. The number of carbonyl (C=O) groups excluding carboxylic acids is 1. The van der Waals surface area contributed by atoms with Gasteiger partial charge in [0.1, 0.15) is 12.3 Å². The van der Waals surface area contributed by atoms with Crippen molar-refractivity contribution >= 4 is 40.0 Å². The predicted octanol–water partition coefficient (Wildman–Crippen LogP) is 4.62. The number of imidazole rings is 1. The Kier molecular flexibility index (Phi) is 5.32. The number of amides is 1. The van der Waals surface area contributed by atoms with Crippen molar-refractivity contribution in [2.24, 2.45) is 0 Å². The smallest absolute Gasteiger partial charge is 0.260 e. The van der Waals surface area contributed by atoms with E-state index in [4.69, 9.17) is 21.3 Å². The van der Waals surface area contributed by atoms with Crippen molar-refractivity contribution in [3.63, 3.8) is 0 Å². The van der Waals surface area contributed by atoms with E-state index < -0.39 is 0 Å². The number of hydrogen-bond donors (Lipinski definition) is 1. The normalized spacial score (nSPS) is 11.1. The number of methoxy groups -OCH3 is 1. The number of anilines is 1. The van der Waals surface area contributed by atoms with E-state index in [2.05, 4.69) is 5.32 Å². The molecule has 1 amide bonds. The van der Waals surface area contributed by atoms with E-state index in [1.807, 2.05) is 30.3 Å². The van der Waals surface area contributed by atoms with Crippen molar-refractivity contribution in [1.29, 1.82) is 0 Å². The first-order valence-electron chi connectivity index (χ1n) is 10.2. The minimum absolute atomic E-state index is 0.0281. The topological polar surface area (TPSA) is 77.6 Å². The third kappa shape index (κ3) is 3.94. The molecule has 0 aliphatic heterocycles. The highest BCUT2D eigenvalue weighted by Gasteiger charge is 2.17. The molecule has 0 unspecified atom stereocenters. The molecule has 0 spiro atoms. The van der Waals surface area contributed by atoms with E-state index in [1.54, 1.807) is 54.1 Å². The molecule has 0 fully saturated rings. The van der Waals surface area contributed by atoms with Gasteiger partial charge in [0.2, 0.25) is 11.7 Å². The molecule has 0 atom stereocenters. The highest BCUT2D eigenvalue weighted by molar-refractivity contribution is 6.30. The van der Waals surface area contributed by atoms with Crippen LogP contribution in [0.4, 0.5) is 5.69 Å². The zero-order valence-electron chi connectivity index (χ0n) is 17.7. The second kappa shape index (κ2) is 8.44. The van der Waals surface area contributed by atoms with Crippen LogP contribution in [0.2, 0.25) is 5.02 Å². The summed E-state index contributed by atoms with van der Waals surface area (Å²) in [5, 5.41) is 3.43. The van der Waals surface area contributed by atoms with Crippen molar-refractivity contribution in [2.75, 3.05) is 12.4 Å². The van der Waals surface area contributed by atoms with Gasteiger partial charge in [-0.15, -0.1) is 0 Å². The Hall–Kier alpha value is -4.10. The minimum atomic E-state index is -0.256.